The Bertz CT molecular complexity index is 867. The van der Waals surface area contributed by atoms with Crippen LogP contribution < -0.4 is 4.90 Å². The first-order valence-corrected chi connectivity index (χ1v) is 10.5. The second-order valence-electron chi connectivity index (χ2n) is 8.79. The molecule has 0 saturated carbocycles. The molecule has 154 valence electrons. The number of benzene rings is 2. The number of hydrogen-bond donors (Lipinski definition) is 0. The van der Waals surface area contributed by atoms with Gasteiger partial charge in [0.2, 0.25) is 5.91 Å². The minimum Gasteiger partial charge on any atom is -0.456 e. The summed E-state index contributed by atoms with van der Waals surface area (Å²) in [6.45, 7) is 8.32. The third-order valence-electron chi connectivity index (χ3n) is 5.14. The molecule has 2 aromatic carbocycles. The molecule has 1 unspecified atom stereocenters. The van der Waals surface area contributed by atoms with Crippen molar-refractivity contribution in [2.45, 2.75) is 64.9 Å². The Kier molecular flexibility index (Phi) is 6.41. The van der Waals surface area contributed by atoms with Crippen LogP contribution >= 0.6 is 0 Å². The van der Waals surface area contributed by atoms with E-state index in [1.165, 1.54) is 5.56 Å². The van der Waals surface area contributed by atoms with Crippen molar-refractivity contribution >= 4 is 17.6 Å². The molecule has 0 aliphatic carbocycles. The second-order valence-corrected chi connectivity index (χ2v) is 8.79. The fourth-order valence-electron chi connectivity index (χ4n) is 3.81. The molecule has 29 heavy (non-hydrogen) atoms. The van der Waals surface area contributed by atoms with Crippen molar-refractivity contribution in [2.24, 2.45) is 0 Å². The monoisotopic (exact) mass is 393 g/mol. The highest BCUT2D eigenvalue weighted by molar-refractivity contribution is 5.97. The predicted octanol–water partition coefficient (Wildman–Crippen LogP) is 5.51. The van der Waals surface area contributed by atoms with Crippen LogP contribution in [0, 0.1) is 0 Å². The van der Waals surface area contributed by atoms with Crippen LogP contribution in [0.3, 0.4) is 0 Å². The first-order valence-electron chi connectivity index (χ1n) is 10.5. The largest absolute Gasteiger partial charge is 0.456 e. The van der Waals surface area contributed by atoms with Crippen molar-refractivity contribution in [1.29, 1.82) is 0 Å². The Morgan fingerprint density at radius 1 is 1.14 bits per heavy atom. The van der Waals surface area contributed by atoms with E-state index in [9.17, 15) is 9.59 Å². The van der Waals surface area contributed by atoms with Crippen LogP contribution in [-0.4, -0.2) is 24.0 Å². The minimum atomic E-state index is -0.558. The van der Waals surface area contributed by atoms with Gasteiger partial charge in [-0.2, -0.15) is 0 Å². The molecule has 2 aromatic rings. The third kappa shape index (κ3) is 5.47. The molecule has 0 spiro atoms. The van der Waals surface area contributed by atoms with Gasteiger partial charge in [-0.1, -0.05) is 43.7 Å². The topological polar surface area (TPSA) is 46.6 Å². The van der Waals surface area contributed by atoms with Crippen molar-refractivity contribution in [2.75, 3.05) is 11.4 Å². The quantitative estimate of drug-likeness (QED) is 0.630. The van der Waals surface area contributed by atoms with E-state index in [1.807, 2.05) is 56.0 Å². The van der Waals surface area contributed by atoms with Gasteiger partial charge < -0.3 is 9.64 Å². The van der Waals surface area contributed by atoms with Crippen molar-refractivity contribution in [3.63, 3.8) is 0 Å². The Balaban J connectivity index is 1.92. The van der Waals surface area contributed by atoms with Crippen LogP contribution in [-0.2, 0) is 16.0 Å². The van der Waals surface area contributed by atoms with Gasteiger partial charge in [0.25, 0.3) is 0 Å². The molecule has 4 heteroatoms. The molecule has 1 fully saturated rings. The average molecular weight is 394 g/mol. The van der Waals surface area contributed by atoms with Gasteiger partial charge in [0.05, 0.1) is 5.56 Å². The minimum absolute atomic E-state index is 0.112. The number of nitrogens with zero attached hydrogens (tertiary/aromatic N) is 1. The van der Waals surface area contributed by atoms with Crippen molar-refractivity contribution < 1.29 is 14.3 Å². The van der Waals surface area contributed by atoms with Gasteiger partial charge >= 0.3 is 5.97 Å². The molecule has 4 nitrogen and oxygen atoms in total. The fraction of sp³-hybridized carbons (Fsp3) is 0.440. The zero-order valence-corrected chi connectivity index (χ0v) is 17.9. The number of rotatable bonds is 5. The number of aryl methyl sites for hydroxylation is 1. The maximum atomic E-state index is 12.8. The summed E-state index contributed by atoms with van der Waals surface area (Å²) in [5.74, 6) is 0.0652. The Hall–Kier alpha value is -2.62. The SMILES string of the molecule is CCCc1cc(C(=O)OC(C)(C)C)cc(N2CC(c3ccccc3)CCC2=O)c1. The summed E-state index contributed by atoms with van der Waals surface area (Å²) in [6.07, 6.45) is 3.19. The van der Waals surface area contributed by atoms with Gasteiger partial charge in [0.1, 0.15) is 5.60 Å². The van der Waals surface area contributed by atoms with Crippen LogP contribution in [0.2, 0.25) is 0 Å². The molecule has 0 radical (unpaired) electrons. The predicted molar refractivity (Wildman–Crippen MR) is 116 cm³/mol. The normalized spacial score (nSPS) is 17.3. The average Bonchev–Trinajstić information content (AvgIpc) is 2.68. The van der Waals surface area contributed by atoms with Crippen LogP contribution in [0.5, 0.6) is 0 Å². The number of carbonyl (C=O) groups excluding carboxylic acids is 2. The highest BCUT2D eigenvalue weighted by atomic mass is 16.6. The van der Waals surface area contributed by atoms with Crippen LogP contribution in [0.1, 0.15) is 74.4 Å². The van der Waals surface area contributed by atoms with E-state index in [0.717, 1.165) is 30.5 Å². The molecule has 1 heterocycles. The Morgan fingerprint density at radius 2 is 1.86 bits per heavy atom. The summed E-state index contributed by atoms with van der Waals surface area (Å²) in [5.41, 5.74) is 3.05. The maximum Gasteiger partial charge on any atom is 0.338 e. The summed E-state index contributed by atoms with van der Waals surface area (Å²) >= 11 is 0. The molecule has 0 aromatic heterocycles. The lowest BCUT2D eigenvalue weighted by Gasteiger charge is -2.33. The molecule has 1 aliphatic rings. The van der Waals surface area contributed by atoms with Crippen LogP contribution in [0.25, 0.3) is 0 Å². The Morgan fingerprint density at radius 3 is 2.52 bits per heavy atom. The smallest absolute Gasteiger partial charge is 0.338 e. The van der Waals surface area contributed by atoms with Crippen molar-refractivity contribution in [3.8, 4) is 0 Å². The molecule has 1 amide bonds. The van der Waals surface area contributed by atoms with Crippen LogP contribution in [0.15, 0.2) is 48.5 Å². The number of amides is 1. The first kappa shape index (κ1) is 21.1. The molecule has 3 rings (SSSR count). The fourth-order valence-corrected chi connectivity index (χ4v) is 3.81. The highest BCUT2D eigenvalue weighted by Crippen LogP contribution is 2.32. The molecule has 1 aliphatic heterocycles. The van der Waals surface area contributed by atoms with Gasteiger partial charge in [0.15, 0.2) is 0 Å². The second kappa shape index (κ2) is 8.81. The first-order chi connectivity index (χ1) is 13.8. The van der Waals surface area contributed by atoms with E-state index in [2.05, 4.69) is 19.1 Å². The maximum absolute atomic E-state index is 12.8. The van der Waals surface area contributed by atoms with Crippen molar-refractivity contribution in [1.82, 2.24) is 0 Å². The standard InChI is InChI=1S/C25H31NO3/c1-5-9-18-14-21(24(28)29-25(2,3)4)16-22(15-18)26-17-20(12-13-23(26)27)19-10-7-6-8-11-19/h6-8,10-11,14-16,20H,5,9,12-13,17H2,1-4H3. The summed E-state index contributed by atoms with van der Waals surface area (Å²) < 4.78 is 5.57. The zero-order chi connectivity index (χ0) is 21.0. The summed E-state index contributed by atoms with van der Waals surface area (Å²) in [5, 5.41) is 0. The lowest BCUT2D eigenvalue weighted by molar-refractivity contribution is -0.119. The van der Waals surface area contributed by atoms with Crippen LogP contribution in [0.4, 0.5) is 5.69 Å². The third-order valence-corrected chi connectivity index (χ3v) is 5.14. The highest BCUT2D eigenvalue weighted by Gasteiger charge is 2.29. The number of carbonyl (C=O) groups is 2. The number of piperidine rings is 1. The van der Waals surface area contributed by atoms with Gasteiger partial charge in [-0.25, -0.2) is 4.79 Å². The van der Waals surface area contributed by atoms with E-state index in [-0.39, 0.29) is 11.9 Å². The summed E-state index contributed by atoms with van der Waals surface area (Å²) in [6, 6.07) is 16.1. The van der Waals surface area contributed by atoms with E-state index >= 15 is 0 Å². The van der Waals surface area contributed by atoms with E-state index < -0.39 is 5.60 Å². The molecule has 1 saturated heterocycles. The summed E-state index contributed by atoms with van der Waals surface area (Å²) in [4.78, 5) is 27.3. The lowest BCUT2D eigenvalue weighted by atomic mass is 9.90. The van der Waals surface area contributed by atoms with Crippen molar-refractivity contribution in [3.05, 3.63) is 65.2 Å². The molecular formula is C25H31NO3. The van der Waals surface area contributed by atoms with E-state index in [4.69, 9.17) is 4.74 Å². The van der Waals surface area contributed by atoms with E-state index in [1.54, 1.807) is 6.07 Å². The molecule has 0 N–H and O–H groups in total. The van der Waals surface area contributed by atoms with Gasteiger partial charge in [-0.3, -0.25) is 4.79 Å². The number of esters is 1. The lowest BCUT2D eigenvalue weighted by Crippen LogP contribution is -2.39. The number of ether oxygens (including phenoxy) is 1. The zero-order valence-electron chi connectivity index (χ0n) is 17.9. The molecular weight excluding hydrogens is 362 g/mol. The number of hydrogen-bond acceptors (Lipinski definition) is 3. The van der Waals surface area contributed by atoms with Gasteiger partial charge in [-0.05, 0) is 62.9 Å². The van der Waals surface area contributed by atoms with Gasteiger partial charge in [0, 0.05) is 24.6 Å². The Labute approximate surface area is 173 Å². The molecule has 1 atom stereocenters. The number of anilines is 1. The molecule has 0 bridgehead atoms. The van der Waals surface area contributed by atoms with E-state index in [0.29, 0.717) is 24.4 Å². The summed E-state index contributed by atoms with van der Waals surface area (Å²) in [7, 11) is 0. The van der Waals surface area contributed by atoms with Gasteiger partial charge in [-0.15, -0.1) is 0 Å².